The molecule has 1 saturated heterocycles. The first-order valence-electron chi connectivity index (χ1n) is 6.93. The van der Waals surface area contributed by atoms with Crippen molar-refractivity contribution in [1.82, 2.24) is 4.90 Å². The van der Waals surface area contributed by atoms with E-state index in [2.05, 4.69) is 4.90 Å². The van der Waals surface area contributed by atoms with E-state index in [9.17, 15) is 14.7 Å². The fourth-order valence-corrected chi connectivity index (χ4v) is 2.31. The SMILES string of the molecule is CC(C(=O)O)C(N)(CCCCN1CCOCC1)C(=O)O. The van der Waals surface area contributed by atoms with E-state index < -0.39 is 23.4 Å². The van der Waals surface area contributed by atoms with E-state index in [1.54, 1.807) is 0 Å². The lowest BCUT2D eigenvalue weighted by Crippen LogP contribution is -2.55. The van der Waals surface area contributed by atoms with Gasteiger partial charge in [-0.2, -0.15) is 0 Å². The fraction of sp³-hybridized carbons (Fsp3) is 0.846. The molecule has 4 N–H and O–H groups in total. The number of nitrogens with two attached hydrogens (primary N) is 1. The van der Waals surface area contributed by atoms with Crippen molar-refractivity contribution < 1.29 is 24.5 Å². The molecule has 1 fully saturated rings. The molecule has 1 aliphatic heterocycles. The number of ether oxygens (including phenoxy) is 1. The minimum atomic E-state index is -1.70. The number of hydrogen-bond donors (Lipinski definition) is 3. The highest BCUT2D eigenvalue weighted by molar-refractivity contribution is 5.86. The van der Waals surface area contributed by atoms with Gasteiger partial charge in [0.05, 0.1) is 19.1 Å². The standard InChI is InChI=1S/C13H24N2O5/c1-10(11(16)17)13(14,12(18)19)4-2-3-5-15-6-8-20-9-7-15/h10H,2-9,14H2,1H3,(H,16,17)(H,18,19). The Hall–Kier alpha value is -1.18. The molecule has 7 nitrogen and oxygen atoms in total. The molecule has 0 spiro atoms. The lowest BCUT2D eigenvalue weighted by Gasteiger charge is -2.30. The summed E-state index contributed by atoms with van der Waals surface area (Å²) in [4.78, 5) is 24.5. The van der Waals surface area contributed by atoms with Crippen LogP contribution in [0.1, 0.15) is 26.2 Å². The van der Waals surface area contributed by atoms with E-state index in [1.807, 2.05) is 0 Å². The Morgan fingerprint density at radius 1 is 1.30 bits per heavy atom. The zero-order valence-electron chi connectivity index (χ0n) is 11.9. The average molecular weight is 288 g/mol. The Kier molecular flexibility index (Phi) is 6.38. The molecular formula is C13H24N2O5. The maximum Gasteiger partial charge on any atom is 0.324 e. The Morgan fingerprint density at radius 3 is 2.40 bits per heavy atom. The second kappa shape index (κ2) is 7.56. The Labute approximate surface area is 118 Å². The smallest absolute Gasteiger partial charge is 0.324 e. The monoisotopic (exact) mass is 288 g/mol. The van der Waals surface area contributed by atoms with Crippen LogP contribution in [0, 0.1) is 5.92 Å². The summed E-state index contributed by atoms with van der Waals surface area (Å²) in [6, 6.07) is 0. The van der Waals surface area contributed by atoms with Gasteiger partial charge in [-0.15, -0.1) is 0 Å². The minimum Gasteiger partial charge on any atom is -0.481 e. The molecule has 2 atom stereocenters. The third kappa shape index (κ3) is 4.43. The molecule has 116 valence electrons. The summed E-state index contributed by atoms with van der Waals surface area (Å²) in [5.74, 6) is -3.54. The zero-order valence-corrected chi connectivity index (χ0v) is 11.9. The van der Waals surface area contributed by atoms with Crippen LogP contribution in [0.5, 0.6) is 0 Å². The topological polar surface area (TPSA) is 113 Å². The molecule has 0 radical (unpaired) electrons. The van der Waals surface area contributed by atoms with E-state index in [0.717, 1.165) is 39.3 Å². The van der Waals surface area contributed by atoms with Crippen LogP contribution in [0.4, 0.5) is 0 Å². The van der Waals surface area contributed by atoms with E-state index in [4.69, 9.17) is 15.6 Å². The number of hydrogen-bond acceptors (Lipinski definition) is 5. The molecule has 0 amide bonds. The summed E-state index contributed by atoms with van der Waals surface area (Å²) in [6.45, 7) is 5.44. The normalized spacial score (nSPS) is 21.1. The molecule has 0 aromatic carbocycles. The van der Waals surface area contributed by atoms with E-state index in [0.29, 0.717) is 6.42 Å². The summed E-state index contributed by atoms with van der Waals surface area (Å²) < 4.78 is 5.24. The lowest BCUT2D eigenvalue weighted by molar-refractivity contribution is -0.155. The van der Waals surface area contributed by atoms with E-state index in [1.165, 1.54) is 6.92 Å². The van der Waals surface area contributed by atoms with Gasteiger partial charge in [-0.3, -0.25) is 14.5 Å². The predicted molar refractivity (Wildman–Crippen MR) is 72.5 cm³/mol. The summed E-state index contributed by atoms with van der Waals surface area (Å²) in [5, 5.41) is 18.1. The first kappa shape index (κ1) is 16.9. The molecule has 0 aliphatic carbocycles. The van der Waals surface area contributed by atoms with Gasteiger partial charge in [0.1, 0.15) is 5.54 Å². The molecule has 0 aromatic rings. The van der Waals surface area contributed by atoms with E-state index >= 15 is 0 Å². The molecule has 7 heteroatoms. The van der Waals surface area contributed by atoms with Gasteiger partial charge in [-0.25, -0.2) is 0 Å². The largest absolute Gasteiger partial charge is 0.481 e. The number of carbonyl (C=O) groups is 2. The van der Waals surface area contributed by atoms with Crippen LogP contribution in [0.25, 0.3) is 0 Å². The third-order valence-electron chi connectivity index (χ3n) is 3.96. The number of carboxylic acids is 2. The maximum absolute atomic E-state index is 11.2. The van der Waals surface area contributed by atoms with Crippen LogP contribution in [0.2, 0.25) is 0 Å². The second-order valence-electron chi connectivity index (χ2n) is 5.32. The molecule has 0 bridgehead atoms. The number of morpholine rings is 1. The van der Waals surface area contributed by atoms with Gasteiger partial charge in [0.25, 0.3) is 0 Å². The Morgan fingerprint density at radius 2 is 1.90 bits per heavy atom. The molecule has 20 heavy (non-hydrogen) atoms. The lowest BCUT2D eigenvalue weighted by atomic mass is 9.81. The maximum atomic E-state index is 11.2. The van der Waals surface area contributed by atoms with Gasteiger partial charge in [-0.05, 0) is 32.7 Å². The van der Waals surface area contributed by atoms with E-state index in [-0.39, 0.29) is 6.42 Å². The quantitative estimate of drug-likeness (QED) is 0.538. The summed E-state index contributed by atoms with van der Waals surface area (Å²) in [7, 11) is 0. The number of nitrogens with zero attached hydrogens (tertiary/aromatic N) is 1. The molecule has 1 aliphatic rings. The molecule has 2 unspecified atom stereocenters. The number of unbranched alkanes of at least 4 members (excludes halogenated alkanes) is 1. The predicted octanol–water partition coefficient (Wildman–Crippen LogP) is -0.00830. The van der Waals surface area contributed by atoms with Gasteiger partial charge >= 0.3 is 11.9 Å². The van der Waals surface area contributed by atoms with Crippen LogP contribution >= 0.6 is 0 Å². The molecule has 0 saturated carbocycles. The zero-order chi connectivity index (χ0) is 15.2. The first-order chi connectivity index (χ1) is 9.38. The van der Waals surface area contributed by atoms with Crippen molar-refractivity contribution in [3.8, 4) is 0 Å². The van der Waals surface area contributed by atoms with Crippen molar-refractivity contribution in [2.24, 2.45) is 11.7 Å². The third-order valence-corrected chi connectivity index (χ3v) is 3.96. The van der Waals surface area contributed by atoms with Crippen LogP contribution in [0.15, 0.2) is 0 Å². The van der Waals surface area contributed by atoms with Crippen LogP contribution in [-0.2, 0) is 14.3 Å². The van der Waals surface area contributed by atoms with Crippen molar-refractivity contribution >= 4 is 11.9 Å². The number of carboxylic acid groups (broad SMARTS) is 2. The summed E-state index contributed by atoms with van der Waals surface area (Å²) in [5.41, 5.74) is 4.09. The van der Waals surface area contributed by atoms with Crippen LogP contribution < -0.4 is 5.73 Å². The van der Waals surface area contributed by atoms with Crippen molar-refractivity contribution in [2.45, 2.75) is 31.7 Å². The minimum absolute atomic E-state index is 0.167. The second-order valence-corrected chi connectivity index (χ2v) is 5.32. The summed E-state index contributed by atoms with van der Waals surface area (Å²) in [6.07, 6.45) is 1.57. The van der Waals surface area contributed by atoms with Gasteiger partial charge in [0.15, 0.2) is 0 Å². The average Bonchev–Trinajstić information content (AvgIpc) is 2.43. The number of aliphatic carboxylic acids is 2. The van der Waals surface area contributed by atoms with Gasteiger partial charge < -0.3 is 20.7 Å². The highest BCUT2D eigenvalue weighted by atomic mass is 16.5. The first-order valence-corrected chi connectivity index (χ1v) is 6.93. The highest BCUT2D eigenvalue weighted by Crippen LogP contribution is 2.22. The Bertz CT molecular complexity index is 344. The number of rotatable bonds is 8. The molecule has 1 rings (SSSR count). The Balaban J connectivity index is 2.39. The van der Waals surface area contributed by atoms with Gasteiger partial charge in [-0.1, -0.05) is 0 Å². The van der Waals surface area contributed by atoms with Crippen molar-refractivity contribution in [3.05, 3.63) is 0 Å². The van der Waals surface area contributed by atoms with Crippen molar-refractivity contribution in [3.63, 3.8) is 0 Å². The molecule has 0 aromatic heterocycles. The van der Waals surface area contributed by atoms with Crippen LogP contribution in [-0.4, -0.2) is 65.4 Å². The fourth-order valence-electron chi connectivity index (χ4n) is 2.31. The van der Waals surface area contributed by atoms with Crippen LogP contribution in [0.3, 0.4) is 0 Å². The summed E-state index contributed by atoms with van der Waals surface area (Å²) >= 11 is 0. The molecule has 1 heterocycles. The van der Waals surface area contributed by atoms with Gasteiger partial charge in [0, 0.05) is 13.1 Å². The van der Waals surface area contributed by atoms with Gasteiger partial charge in [0.2, 0.25) is 0 Å². The molecular weight excluding hydrogens is 264 g/mol. The highest BCUT2D eigenvalue weighted by Gasteiger charge is 2.43. The van der Waals surface area contributed by atoms with Crippen molar-refractivity contribution in [1.29, 1.82) is 0 Å². The van der Waals surface area contributed by atoms with Crippen molar-refractivity contribution in [2.75, 3.05) is 32.8 Å².